The molecule has 28 heavy (non-hydrogen) atoms. The topological polar surface area (TPSA) is 82.6 Å². The van der Waals surface area contributed by atoms with Gasteiger partial charge in [-0.3, -0.25) is 19.4 Å². The normalized spacial score (nSPS) is 13.9. The second-order valence-electron chi connectivity index (χ2n) is 6.51. The number of pyridine rings is 1. The number of ketones is 1. The number of Topliss-reactive ketones (excluding diaryl/α,β-unsaturated/α-hetero) is 1. The number of anilines is 1. The van der Waals surface area contributed by atoms with E-state index in [1.165, 1.54) is 12.3 Å². The fourth-order valence-electron chi connectivity index (χ4n) is 3.01. The Hall–Kier alpha value is -2.93. The third-order valence-electron chi connectivity index (χ3n) is 4.63. The molecular weight excluding hydrogens is 380 g/mol. The SMILES string of the molecule is CC(=O)c1ccc(N2CCN(C(=O)CNC(=O)c3cc(Cl)ccn3)CC2)cc1. The van der Waals surface area contributed by atoms with Crippen LogP contribution in [-0.4, -0.2) is 60.2 Å². The van der Waals surface area contributed by atoms with Gasteiger partial charge in [0.15, 0.2) is 5.78 Å². The lowest BCUT2D eigenvalue weighted by molar-refractivity contribution is -0.130. The Balaban J connectivity index is 1.48. The molecule has 1 saturated heterocycles. The van der Waals surface area contributed by atoms with Crippen molar-refractivity contribution in [2.24, 2.45) is 0 Å². The van der Waals surface area contributed by atoms with Gasteiger partial charge in [0.1, 0.15) is 5.69 Å². The molecule has 2 aromatic rings. The minimum Gasteiger partial charge on any atom is -0.368 e. The number of piperazine rings is 1. The van der Waals surface area contributed by atoms with E-state index < -0.39 is 5.91 Å². The number of nitrogens with one attached hydrogen (secondary N) is 1. The van der Waals surface area contributed by atoms with E-state index in [1.807, 2.05) is 24.3 Å². The van der Waals surface area contributed by atoms with Crippen LogP contribution >= 0.6 is 11.6 Å². The molecule has 0 aliphatic carbocycles. The molecule has 3 rings (SSSR count). The number of benzene rings is 1. The smallest absolute Gasteiger partial charge is 0.270 e. The number of rotatable bonds is 5. The number of nitrogens with zero attached hydrogens (tertiary/aromatic N) is 3. The average molecular weight is 401 g/mol. The molecule has 146 valence electrons. The van der Waals surface area contributed by atoms with Crippen molar-refractivity contribution in [3.8, 4) is 0 Å². The van der Waals surface area contributed by atoms with Crippen molar-refractivity contribution >= 4 is 34.9 Å². The molecule has 0 atom stereocenters. The molecule has 7 nitrogen and oxygen atoms in total. The summed E-state index contributed by atoms with van der Waals surface area (Å²) >= 11 is 5.85. The monoisotopic (exact) mass is 400 g/mol. The van der Waals surface area contributed by atoms with Gasteiger partial charge in [0, 0.05) is 48.6 Å². The van der Waals surface area contributed by atoms with Gasteiger partial charge in [-0.25, -0.2) is 0 Å². The molecule has 2 amide bonds. The zero-order valence-electron chi connectivity index (χ0n) is 15.5. The second kappa shape index (κ2) is 8.84. The van der Waals surface area contributed by atoms with E-state index >= 15 is 0 Å². The summed E-state index contributed by atoms with van der Waals surface area (Å²) in [6, 6.07) is 10.5. The van der Waals surface area contributed by atoms with E-state index in [1.54, 1.807) is 17.9 Å². The summed E-state index contributed by atoms with van der Waals surface area (Å²) in [5, 5.41) is 3.00. The molecule has 1 fully saturated rings. The standard InChI is InChI=1S/C20H21ClN4O3/c1-14(26)15-2-4-17(5-3-15)24-8-10-25(11-9-24)19(27)13-23-20(28)18-12-16(21)6-7-22-18/h2-7,12H,8-11,13H2,1H3,(H,23,28). The molecule has 0 bridgehead atoms. The molecule has 2 heterocycles. The maximum Gasteiger partial charge on any atom is 0.270 e. The molecular formula is C20H21ClN4O3. The van der Waals surface area contributed by atoms with Gasteiger partial charge in [0.25, 0.3) is 5.91 Å². The first kappa shape index (κ1) is 19.8. The number of hydrogen-bond acceptors (Lipinski definition) is 5. The van der Waals surface area contributed by atoms with Gasteiger partial charge in [0.05, 0.1) is 6.54 Å². The lowest BCUT2D eigenvalue weighted by atomic mass is 10.1. The first-order valence-electron chi connectivity index (χ1n) is 8.97. The van der Waals surface area contributed by atoms with E-state index in [0.29, 0.717) is 36.8 Å². The van der Waals surface area contributed by atoms with E-state index in [0.717, 1.165) is 5.69 Å². The predicted octanol–water partition coefficient (Wildman–Crippen LogP) is 2.02. The maximum atomic E-state index is 12.4. The van der Waals surface area contributed by atoms with E-state index in [4.69, 9.17) is 11.6 Å². The van der Waals surface area contributed by atoms with Crippen molar-refractivity contribution in [1.29, 1.82) is 0 Å². The van der Waals surface area contributed by atoms with Gasteiger partial charge in [-0.05, 0) is 43.3 Å². The fraction of sp³-hybridized carbons (Fsp3) is 0.300. The highest BCUT2D eigenvalue weighted by Crippen LogP contribution is 2.17. The summed E-state index contributed by atoms with van der Waals surface area (Å²) in [5.74, 6) is -0.529. The number of aromatic nitrogens is 1. The third kappa shape index (κ3) is 4.86. The lowest BCUT2D eigenvalue weighted by Gasteiger charge is -2.36. The van der Waals surface area contributed by atoms with Crippen molar-refractivity contribution in [3.05, 3.63) is 58.9 Å². The average Bonchev–Trinajstić information content (AvgIpc) is 2.72. The van der Waals surface area contributed by atoms with Gasteiger partial charge in [-0.1, -0.05) is 11.6 Å². The number of amides is 2. The van der Waals surface area contributed by atoms with Crippen LogP contribution in [0.5, 0.6) is 0 Å². The van der Waals surface area contributed by atoms with Crippen molar-refractivity contribution < 1.29 is 14.4 Å². The third-order valence-corrected chi connectivity index (χ3v) is 4.86. The molecule has 1 N–H and O–H groups in total. The molecule has 1 aliphatic heterocycles. The van der Waals surface area contributed by atoms with Crippen molar-refractivity contribution in [2.45, 2.75) is 6.92 Å². The van der Waals surface area contributed by atoms with Crippen LogP contribution in [0.25, 0.3) is 0 Å². The zero-order chi connectivity index (χ0) is 20.1. The van der Waals surface area contributed by atoms with Crippen molar-refractivity contribution in [2.75, 3.05) is 37.6 Å². The Kier molecular flexibility index (Phi) is 6.26. The second-order valence-corrected chi connectivity index (χ2v) is 6.95. The van der Waals surface area contributed by atoms with Gasteiger partial charge in [0.2, 0.25) is 5.91 Å². The van der Waals surface area contributed by atoms with Crippen LogP contribution in [0.3, 0.4) is 0 Å². The zero-order valence-corrected chi connectivity index (χ0v) is 16.3. The Morgan fingerprint density at radius 1 is 1.07 bits per heavy atom. The summed E-state index contributed by atoms with van der Waals surface area (Å²) < 4.78 is 0. The summed E-state index contributed by atoms with van der Waals surface area (Å²) in [6.07, 6.45) is 1.45. The van der Waals surface area contributed by atoms with Crippen LogP contribution in [-0.2, 0) is 4.79 Å². The van der Waals surface area contributed by atoms with Gasteiger partial charge in [-0.15, -0.1) is 0 Å². The molecule has 1 aliphatic rings. The van der Waals surface area contributed by atoms with Gasteiger partial charge < -0.3 is 15.1 Å². The minimum atomic E-state index is -0.431. The number of hydrogen-bond donors (Lipinski definition) is 1. The first-order valence-corrected chi connectivity index (χ1v) is 9.35. The summed E-state index contributed by atoms with van der Waals surface area (Å²) in [4.78, 5) is 43.6. The van der Waals surface area contributed by atoms with Crippen molar-refractivity contribution in [3.63, 3.8) is 0 Å². The molecule has 8 heteroatoms. The Labute approximate surface area is 168 Å². The van der Waals surface area contributed by atoms with Gasteiger partial charge in [-0.2, -0.15) is 0 Å². The minimum absolute atomic E-state index is 0.0389. The highest BCUT2D eigenvalue weighted by Gasteiger charge is 2.22. The fourth-order valence-corrected chi connectivity index (χ4v) is 3.17. The van der Waals surface area contributed by atoms with Crippen LogP contribution in [0.4, 0.5) is 5.69 Å². The van der Waals surface area contributed by atoms with Crippen LogP contribution in [0.2, 0.25) is 5.02 Å². The number of halogens is 1. The molecule has 1 aromatic heterocycles. The Bertz CT molecular complexity index is 877. The summed E-state index contributed by atoms with van der Waals surface area (Å²) in [7, 11) is 0. The summed E-state index contributed by atoms with van der Waals surface area (Å²) in [5.41, 5.74) is 1.89. The first-order chi connectivity index (χ1) is 13.4. The quantitative estimate of drug-likeness (QED) is 0.776. The lowest BCUT2D eigenvalue weighted by Crippen LogP contribution is -2.51. The largest absolute Gasteiger partial charge is 0.368 e. The molecule has 0 spiro atoms. The summed E-state index contributed by atoms with van der Waals surface area (Å²) in [6.45, 7) is 3.97. The Morgan fingerprint density at radius 3 is 2.36 bits per heavy atom. The number of carbonyl (C=O) groups excluding carboxylic acids is 3. The van der Waals surface area contributed by atoms with Crippen molar-refractivity contribution in [1.82, 2.24) is 15.2 Å². The Morgan fingerprint density at radius 2 is 1.75 bits per heavy atom. The van der Waals surface area contributed by atoms with E-state index in [9.17, 15) is 14.4 Å². The van der Waals surface area contributed by atoms with Crippen LogP contribution in [0, 0.1) is 0 Å². The number of carbonyl (C=O) groups is 3. The molecule has 0 saturated carbocycles. The predicted molar refractivity (Wildman–Crippen MR) is 107 cm³/mol. The van der Waals surface area contributed by atoms with E-state index in [2.05, 4.69) is 15.2 Å². The molecule has 0 unspecified atom stereocenters. The van der Waals surface area contributed by atoms with E-state index in [-0.39, 0.29) is 23.9 Å². The molecule has 0 radical (unpaired) electrons. The highest BCUT2D eigenvalue weighted by molar-refractivity contribution is 6.30. The highest BCUT2D eigenvalue weighted by atomic mass is 35.5. The van der Waals surface area contributed by atoms with Crippen LogP contribution < -0.4 is 10.2 Å². The van der Waals surface area contributed by atoms with Crippen LogP contribution in [0.15, 0.2) is 42.6 Å². The molecule has 1 aromatic carbocycles. The van der Waals surface area contributed by atoms with Crippen LogP contribution in [0.1, 0.15) is 27.8 Å². The van der Waals surface area contributed by atoms with Gasteiger partial charge >= 0.3 is 0 Å². The maximum absolute atomic E-state index is 12.4.